The third-order valence-corrected chi connectivity index (χ3v) is 4.46. The molecule has 21 heavy (non-hydrogen) atoms. The highest BCUT2D eigenvalue weighted by molar-refractivity contribution is 7.98. The van der Waals surface area contributed by atoms with Crippen LogP contribution in [0.25, 0.3) is 0 Å². The van der Waals surface area contributed by atoms with Crippen LogP contribution < -0.4 is 5.32 Å². The Hall–Kier alpha value is -1.32. The molecule has 0 saturated heterocycles. The van der Waals surface area contributed by atoms with Crippen molar-refractivity contribution in [3.05, 3.63) is 59.4 Å². The summed E-state index contributed by atoms with van der Waals surface area (Å²) in [6.45, 7) is 7.57. The van der Waals surface area contributed by atoms with Crippen molar-refractivity contribution in [2.45, 2.75) is 43.9 Å². The highest BCUT2D eigenvalue weighted by Gasteiger charge is 2.05. The van der Waals surface area contributed by atoms with Gasteiger partial charge in [-0.15, -0.1) is 11.8 Å². The number of nitrogens with zero attached hydrogens (tertiary/aromatic N) is 1. The van der Waals surface area contributed by atoms with Gasteiger partial charge in [-0.25, -0.2) is 0 Å². The van der Waals surface area contributed by atoms with Crippen LogP contribution in [0.15, 0.2) is 47.6 Å². The van der Waals surface area contributed by atoms with Crippen LogP contribution in [-0.4, -0.2) is 11.5 Å². The van der Waals surface area contributed by atoms with Crippen LogP contribution in [-0.2, 0) is 5.75 Å². The van der Waals surface area contributed by atoms with Crippen molar-refractivity contribution in [3.8, 4) is 0 Å². The number of benzene rings is 1. The molecule has 0 aliphatic carbocycles. The van der Waals surface area contributed by atoms with E-state index in [1.807, 2.05) is 24.2 Å². The molecule has 3 heteroatoms. The quantitative estimate of drug-likeness (QED) is 0.747. The second kappa shape index (κ2) is 8.20. The smallest absolute Gasteiger partial charge is 0.0308 e. The molecule has 0 amide bonds. The summed E-state index contributed by atoms with van der Waals surface area (Å²) < 4.78 is 0. The van der Waals surface area contributed by atoms with Gasteiger partial charge >= 0.3 is 0 Å². The molecule has 0 radical (unpaired) electrons. The Morgan fingerprint density at radius 1 is 1.24 bits per heavy atom. The lowest BCUT2D eigenvalue weighted by Crippen LogP contribution is -2.19. The Balaban J connectivity index is 1.97. The average Bonchev–Trinajstić information content (AvgIpc) is 2.51. The fourth-order valence-electron chi connectivity index (χ4n) is 2.22. The average molecular weight is 300 g/mol. The minimum Gasteiger partial charge on any atom is -0.310 e. The van der Waals surface area contributed by atoms with Gasteiger partial charge in [0.25, 0.3) is 0 Å². The summed E-state index contributed by atoms with van der Waals surface area (Å²) in [5.74, 6) is 0.967. The SMILES string of the molecule is CCCNC(C)c1cccc(SCc2cncc(C)c2)c1. The van der Waals surface area contributed by atoms with Crippen LogP contribution >= 0.6 is 11.8 Å². The Bertz CT molecular complexity index is 569. The third kappa shape index (κ3) is 5.18. The van der Waals surface area contributed by atoms with Gasteiger partial charge in [0.05, 0.1) is 0 Å². The fourth-order valence-corrected chi connectivity index (χ4v) is 3.10. The zero-order chi connectivity index (χ0) is 15.1. The van der Waals surface area contributed by atoms with Gasteiger partial charge in [-0.05, 0) is 55.6 Å². The van der Waals surface area contributed by atoms with E-state index in [2.05, 4.69) is 61.4 Å². The number of hydrogen-bond donors (Lipinski definition) is 1. The predicted octanol–water partition coefficient (Wildman–Crippen LogP) is 4.74. The van der Waals surface area contributed by atoms with E-state index in [0.717, 1.165) is 12.3 Å². The maximum atomic E-state index is 4.25. The molecule has 1 aromatic heterocycles. The molecular weight excluding hydrogens is 276 g/mol. The summed E-state index contributed by atoms with van der Waals surface area (Å²) in [6, 6.07) is 11.4. The maximum Gasteiger partial charge on any atom is 0.0308 e. The van der Waals surface area contributed by atoms with E-state index in [0.29, 0.717) is 6.04 Å². The largest absolute Gasteiger partial charge is 0.310 e. The van der Waals surface area contributed by atoms with Crippen molar-refractivity contribution in [2.75, 3.05) is 6.54 Å². The summed E-state index contributed by atoms with van der Waals surface area (Å²) in [4.78, 5) is 5.57. The van der Waals surface area contributed by atoms with Crippen LogP contribution in [0.2, 0.25) is 0 Å². The van der Waals surface area contributed by atoms with Gasteiger partial charge in [0.15, 0.2) is 0 Å². The molecule has 2 rings (SSSR count). The number of aryl methyl sites for hydroxylation is 1. The number of pyridine rings is 1. The van der Waals surface area contributed by atoms with E-state index >= 15 is 0 Å². The molecule has 0 saturated carbocycles. The molecule has 112 valence electrons. The first-order valence-electron chi connectivity index (χ1n) is 7.55. The Morgan fingerprint density at radius 3 is 2.86 bits per heavy atom. The lowest BCUT2D eigenvalue weighted by atomic mass is 10.1. The molecule has 2 aromatic rings. The van der Waals surface area contributed by atoms with Crippen LogP contribution in [0, 0.1) is 6.92 Å². The summed E-state index contributed by atoms with van der Waals surface area (Å²) in [5, 5.41) is 3.54. The van der Waals surface area contributed by atoms with Gasteiger partial charge in [-0.2, -0.15) is 0 Å². The van der Waals surface area contributed by atoms with E-state index < -0.39 is 0 Å². The molecule has 0 fully saturated rings. The number of thioether (sulfide) groups is 1. The van der Waals surface area contributed by atoms with Gasteiger partial charge in [0.2, 0.25) is 0 Å². The zero-order valence-corrected chi connectivity index (χ0v) is 13.9. The number of aromatic nitrogens is 1. The summed E-state index contributed by atoms with van der Waals surface area (Å²) in [5.41, 5.74) is 3.86. The van der Waals surface area contributed by atoms with E-state index in [4.69, 9.17) is 0 Å². The number of hydrogen-bond acceptors (Lipinski definition) is 3. The first-order chi connectivity index (χ1) is 10.2. The molecule has 1 atom stereocenters. The van der Waals surface area contributed by atoms with E-state index in [-0.39, 0.29) is 0 Å². The molecule has 0 aliphatic rings. The molecule has 2 nitrogen and oxygen atoms in total. The molecular formula is C18H24N2S. The van der Waals surface area contributed by atoms with Crippen LogP contribution in [0.3, 0.4) is 0 Å². The van der Waals surface area contributed by atoms with Crippen molar-refractivity contribution < 1.29 is 0 Å². The fraction of sp³-hybridized carbons (Fsp3) is 0.389. The normalized spacial score (nSPS) is 12.3. The van der Waals surface area contributed by atoms with Crippen molar-refractivity contribution in [1.29, 1.82) is 0 Å². The van der Waals surface area contributed by atoms with E-state index in [1.165, 1.54) is 28.0 Å². The molecule has 1 heterocycles. The standard InChI is InChI=1S/C18H24N2S/c1-4-8-20-15(3)17-6-5-7-18(10-17)21-13-16-9-14(2)11-19-12-16/h5-7,9-12,15,20H,4,8,13H2,1-3H3. The molecule has 0 aliphatic heterocycles. The molecule has 1 aromatic carbocycles. The molecule has 0 spiro atoms. The van der Waals surface area contributed by atoms with Gasteiger partial charge < -0.3 is 5.32 Å². The number of rotatable bonds is 7. The number of nitrogens with one attached hydrogen (secondary N) is 1. The second-order valence-corrected chi connectivity index (χ2v) is 6.46. The van der Waals surface area contributed by atoms with Gasteiger partial charge in [0, 0.05) is 29.1 Å². The van der Waals surface area contributed by atoms with E-state index in [1.54, 1.807) is 0 Å². The zero-order valence-electron chi connectivity index (χ0n) is 13.1. The minimum atomic E-state index is 0.408. The van der Waals surface area contributed by atoms with Crippen molar-refractivity contribution in [2.24, 2.45) is 0 Å². The van der Waals surface area contributed by atoms with Gasteiger partial charge in [-0.1, -0.05) is 25.1 Å². The summed E-state index contributed by atoms with van der Waals surface area (Å²) in [6.07, 6.45) is 5.02. The van der Waals surface area contributed by atoms with Crippen molar-refractivity contribution in [1.82, 2.24) is 10.3 Å². The second-order valence-electron chi connectivity index (χ2n) is 5.41. The van der Waals surface area contributed by atoms with Crippen LogP contribution in [0.5, 0.6) is 0 Å². The minimum absolute atomic E-state index is 0.408. The molecule has 1 N–H and O–H groups in total. The predicted molar refractivity (Wildman–Crippen MR) is 91.7 cm³/mol. The first-order valence-corrected chi connectivity index (χ1v) is 8.54. The maximum absolute atomic E-state index is 4.25. The van der Waals surface area contributed by atoms with Crippen molar-refractivity contribution >= 4 is 11.8 Å². The summed E-state index contributed by atoms with van der Waals surface area (Å²) in [7, 11) is 0. The monoisotopic (exact) mass is 300 g/mol. The summed E-state index contributed by atoms with van der Waals surface area (Å²) >= 11 is 1.87. The topological polar surface area (TPSA) is 24.9 Å². The lowest BCUT2D eigenvalue weighted by Gasteiger charge is -2.14. The van der Waals surface area contributed by atoms with Gasteiger partial charge in [0.1, 0.15) is 0 Å². The molecule has 1 unspecified atom stereocenters. The first kappa shape index (κ1) is 16.1. The Morgan fingerprint density at radius 2 is 2.10 bits per heavy atom. The van der Waals surface area contributed by atoms with Gasteiger partial charge in [-0.3, -0.25) is 4.98 Å². The Kier molecular flexibility index (Phi) is 6.27. The Labute approximate surface area is 132 Å². The highest BCUT2D eigenvalue weighted by Crippen LogP contribution is 2.25. The van der Waals surface area contributed by atoms with Crippen LogP contribution in [0.1, 0.15) is 43.0 Å². The lowest BCUT2D eigenvalue weighted by molar-refractivity contribution is 0.570. The highest BCUT2D eigenvalue weighted by atomic mass is 32.2. The van der Waals surface area contributed by atoms with Crippen molar-refractivity contribution in [3.63, 3.8) is 0 Å². The van der Waals surface area contributed by atoms with Crippen LogP contribution in [0.4, 0.5) is 0 Å². The van der Waals surface area contributed by atoms with E-state index in [9.17, 15) is 0 Å². The molecule has 0 bridgehead atoms. The third-order valence-electron chi connectivity index (χ3n) is 3.40.